The predicted molar refractivity (Wildman–Crippen MR) is 102 cm³/mol. The molecule has 1 aliphatic heterocycles. The second-order valence-corrected chi connectivity index (χ2v) is 7.91. The maximum atomic E-state index is 12.9. The lowest BCUT2D eigenvalue weighted by Gasteiger charge is -2.38. The lowest BCUT2D eigenvalue weighted by molar-refractivity contribution is -0.491. The van der Waals surface area contributed by atoms with Crippen molar-refractivity contribution in [2.75, 3.05) is 20.8 Å². The number of rotatable bonds is 7. The first-order valence-corrected chi connectivity index (χ1v) is 9.58. The summed E-state index contributed by atoms with van der Waals surface area (Å²) in [6.45, 7) is 1.52. The van der Waals surface area contributed by atoms with E-state index in [0.717, 1.165) is 5.56 Å². The molecule has 2 fully saturated rings. The zero-order valence-corrected chi connectivity index (χ0v) is 16.7. The molecule has 1 saturated carbocycles. The van der Waals surface area contributed by atoms with Gasteiger partial charge in [-0.05, 0) is 30.0 Å². The van der Waals surface area contributed by atoms with Crippen LogP contribution in [0.5, 0.6) is 5.75 Å². The molecule has 1 N–H and O–H groups in total. The minimum atomic E-state index is -1.60. The summed E-state index contributed by atoms with van der Waals surface area (Å²) in [5.74, 6) is -1.60. The molecule has 1 aromatic carbocycles. The average Bonchev–Trinajstić information content (AvgIpc) is 3.06. The molecule has 2 unspecified atom stereocenters. The zero-order valence-electron chi connectivity index (χ0n) is 16.7. The number of hydrogen-bond acceptors (Lipinski definition) is 7. The third-order valence-corrected chi connectivity index (χ3v) is 6.25. The number of esters is 1. The molecule has 0 aromatic heterocycles. The monoisotopic (exact) mass is 406 g/mol. The van der Waals surface area contributed by atoms with Gasteiger partial charge in [0, 0.05) is 29.6 Å². The highest BCUT2D eigenvalue weighted by molar-refractivity contribution is 5.87. The van der Waals surface area contributed by atoms with Gasteiger partial charge in [-0.15, -0.1) is 0 Å². The molecule has 9 heteroatoms. The summed E-state index contributed by atoms with van der Waals surface area (Å²) < 4.78 is 10.1. The van der Waals surface area contributed by atoms with Crippen molar-refractivity contribution in [2.24, 2.45) is 17.8 Å². The molecule has 3 rings (SSSR count). The highest BCUT2D eigenvalue weighted by atomic mass is 16.6. The largest absolute Gasteiger partial charge is 0.497 e. The smallest absolute Gasteiger partial charge is 0.329 e. The summed E-state index contributed by atoms with van der Waals surface area (Å²) in [5.41, 5.74) is -0.859. The Bertz CT molecular complexity index is 814. The molecule has 1 aromatic rings. The molecular weight excluding hydrogens is 380 g/mol. The molecule has 1 saturated heterocycles. The van der Waals surface area contributed by atoms with Gasteiger partial charge in [0.2, 0.25) is 12.5 Å². The summed E-state index contributed by atoms with van der Waals surface area (Å²) in [6, 6.07) is 6.06. The van der Waals surface area contributed by atoms with Crippen LogP contribution in [-0.2, 0) is 20.7 Å². The minimum Gasteiger partial charge on any atom is -0.497 e. The topological polar surface area (TPSA) is 119 Å². The van der Waals surface area contributed by atoms with Crippen LogP contribution in [0.25, 0.3) is 0 Å². The fraction of sp³-hybridized carbons (Fsp3) is 0.600. The van der Waals surface area contributed by atoms with Crippen LogP contribution in [-0.4, -0.2) is 59.3 Å². The van der Waals surface area contributed by atoms with Crippen molar-refractivity contribution in [1.29, 1.82) is 0 Å². The summed E-state index contributed by atoms with van der Waals surface area (Å²) in [6.07, 6.45) is 0.303. The number of hydrogen-bond donors (Lipinski definition) is 1. The van der Waals surface area contributed by atoms with E-state index >= 15 is 0 Å². The van der Waals surface area contributed by atoms with Crippen LogP contribution in [0, 0.1) is 27.9 Å². The van der Waals surface area contributed by atoms with Gasteiger partial charge < -0.3 is 14.6 Å². The molecule has 0 radical (unpaired) electrons. The van der Waals surface area contributed by atoms with Crippen molar-refractivity contribution >= 4 is 11.9 Å². The van der Waals surface area contributed by atoms with Crippen molar-refractivity contribution < 1.29 is 29.1 Å². The number of nitro groups is 1. The Labute approximate surface area is 168 Å². The van der Waals surface area contributed by atoms with Gasteiger partial charge in [0.15, 0.2) is 0 Å². The fourth-order valence-corrected chi connectivity index (χ4v) is 4.97. The normalized spacial score (nSPS) is 29.4. The third-order valence-electron chi connectivity index (χ3n) is 6.25. The van der Waals surface area contributed by atoms with Gasteiger partial charge in [-0.3, -0.25) is 19.8 Å². The number of likely N-dealkylation sites (tertiary alicyclic amines) is 1. The Morgan fingerprint density at radius 2 is 2.17 bits per heavy atom. The van der Waals surface area contributed by atoms with Gasteiger partial charge in [0.1, 0.15) is 17.5 Å². The Hall–Kier alpha value is -2.68. The first-order chi connectivity index (χ1) is 13.7. The first-order valence-electron chi connectivity index (χ1n) is 9.58. The van der Waals surface area contributed by atoms with Crippen LogP contribution in [0.1, 0.15) is 25.3 Å². The van der Waals surface area contributed by atoms with E-state index in [2.05, 4.69) is 0 Å². The van der Waals surface area contributed by atoms with Crippen LogP contribution < -0.4 is 4.74 Å². The third kappa shape index (κ3) is 3.78. The molecule has 29 heavy (non-hydrogen) atoms. The second-order valence-electron chi connectivity index (χ2n) is 7.91. The Kier molecular flexibility index (Phi) is 5.79. The maximum Gasteiger partial charge on any atom is 0.329 e. The van der Waals surface area contributed by atoms with E-state index in [0.29, 0.717) is 5.75 Å². The Morgan fingerprint density at radius 1 is 1.45 bits per heavy atom. The number of nitrogens with zero attached hydrogens (tertiary/aromatic N) is 2. The van der Waals surface area contributed by atoms with E-state index in [9.17, 15) is 24.8 Å². The number of carbonyl (C=O) groups excluding carboxylic acids is 2. The van der Waals surface area contributed by atoms with E-state index in [1.807, 2.05) is 6.92 Å². The molecule has 9 nitrogen and oxygen atoms in total. The molecule has 5 atom stereocenters. The summed E-state index contributed by atoms with van der Waals surface area (Å²) in [4.78, 5) is 37.4. The highest BCUT2D eigenvalue weighted by Gasteiger charge is 2.64. The summed E-state index contributed by atoms with van der Waals surface area (Å²) in [5, 5.41) is 22.5. The Morgan fingerprint density at radius 3 is 2.79 bits per heavy atom. The molecule has 0 spiro atoms. The quantitative estimate of drug-likeness (QED) is 0.411. The number of fused-ring (bicyclic) bond motifs is 1. The van der Waals surface area contributed by atoms with Crippen LogP contribution in [0.15, 0.2) is 24.3 Å². The number of ether oxygens (including phenoxy) is 2. The van der Waals surface area contributed by atoms with Crippen molar-refractivity contribution in [2.45, 2.75) is 38.0 Å². The SMILES string of the molecule is COC(=O)[C@H](Cc1cccc(OC)c1)N1C(=O)CC2[C@H](C[N+](=O)[O-])[C@@H](C)CC21O. The maximum absolute atomic E-state index is 12.9. The zero-order chi connectivity index (χ0) is 21.3. The van der Waals surface area contributed by atoms with Gasteiger partial charge >= 0.3 is 5.97 Å². The first kappa shape index (κ1) is 21.0. The summed E-state index contributed by atoms with van der Waals surface area (Å²) in [7, 11) is 2.76. The van der Waals surface area contributed by atoms with E-state index in [-0.39, 0.29) is 31.7 Å². The second kappa shape index (κ2) is 7.98. The summed E-state index contributed by atoms with van der Waals surface area (Å²) >= 11 is 0. The van der Waals surface area contributed by atoms with Crippen LogP contribution in [0.4, 0.5) is 0 Å². The molecular formula is C20H26N2O7. The average molecular weight is 406 g/mol. The van der Waals surface area contributed by atoms with Gasteiger partial charge in [-0.2, -0.15) is 0 Å². The van der Waals surface area contributed by atoms with Gasteiger partial charge in [-0.1, -0.05) is 19.1 Å². The lowest BCUT2D eigenvalue weighted by Crippen LogP contribution is -2.56. The number of aliphatic hydroxyl groups is 1. The van der Waals surface area contributed by atoms with Gasteiger partial charge in [0.05, 0.1) is 14.2 Å². The number of carbonyl (C=O) groups is 2. The predicted octanol–water partition coefficient (Wildman–Crippen LogP) is 1.25. The van der Waals surface area contributed by atoms with E-state index in [1.54, 1.807) is 24.3 Å². The van der Waals surface area contributed by atoms with Crippen molar-refractivity contribution in [3.8, 4) is 5.75 Å². The van der Waals surface area contributed by atoms with Gasteiger partial charge in [-0.25, -0.2) is 4.79 Å². The van der Waals surface area contributed by atoms with Gasteiger partial charge in [0.25, 0.3) is 0 Å². The molecule has 1 aliphatic carbocycles. The molecule has 158 valence electrons. The lowest BCUT2D eigenvalue weighted by atomic mass is 9.88. The molecule has 1 amide bonds. The Balaban J connectivity index is 1.94. The van der Waals surface area contributed by atoms with E-state index < -0.39 is 40.4 Å². The van der Waals surface area contributed by atoms with E-state index in [1.165, 1.54) is 19.1 Å². The number of benzene rings is 1. The molecule has 2 aliphatic rings. The minimum absolute atomic E-state index is 0.0229. The van der Waals surface area contributed by atoms with Crippen LogP contribution >= 0.6 is 0 Å². The molecule has 1 heterocycles. The van der Waals surface area contributed by atoms with Crippen molar-refractivity contribution in [1.82, 2.24) is 4.90 Å². The standard InChI is InChI=1S/C20H26N2O7/c1-12-10-20(25)16(15(12)11-21(26)27)9-18(23)22(20)17(19(24)29-3)8-13-5-4-6-14(7-13)28-2/h4-7,12,15-17,25H,8-11H2,1-3H3/t12-,15+,16?,17-,20?/m0/s1. The molecule has 0 bridgehead atoms. The number of methoxy groups -OCH3 is 2. The van der Waals surface area contributed by atoms with Crippen molar-refractivity contribution in [3.05, 3.63) is 39.9 Å². The van der Waals surface area contributed by atoms with Crippen LogP contribution in [0.3, 0.4) is 0 Å². The van der Waals surface area contributed by atoms with Crippen molar-refractivity contribution in [3.63, 3.8) is 0 Å². The van der Waals surface area contributed by atoms with E-state index in [4.69, 9.17) is 9.47 Å². The fourth-order valence-electron chi connectivity index (χ4n) is 4.97. The highest BCUT2D eigenvalue weighted by Crippen LogP contribution is 2.53. The number of amides is 1. The van der Waals surface area contributed by atoms with Crippen LogP contribution in [0.2, 0.25) is 0 Å².